The van der Waals surface area contributed by atoms with Crippen molar-refractivity contribution in [2.24, 2.45) is 5.41 Å². The lowest BCUT2D eigenvalue weighted by molar-refractivity contribution is -0.310. The van der Waals surface area contributed by atoms with Gasteiger partial charge in [0.15, 0.2) is 0 Å². The Morgan fingerprint density at radius 1 is 1.12 bits per heavy atom. The van der Waals surface area contributed by atoms with Crippen LogP contribution in [-0.2, 0) is 4.84 Å². The summed E-state index contributed by atoms with van der Waals surface area (Å²) in [4.78, 5) is 6.63. The molecular formula is C21H32N2O. The van der Waals surface area contributed by atoms with Gasteiger partial charge in [-0.3, -0.25) is 4.84 Å². The van der Waals surface area contributed by atoms with Gasteiger partial charge in [0.25, 0.3) is 0 Å². The Kier molecular flexibility index (Phi) is 5.42. The lowest BCUT2D eigenvalue weighted by Crippen LogP contribution is -2.58. The van der Waals surface area contributed by atoms with E-state index in [0.717, 1.165) is 18.4 Å². The van der Waals surface area contributed by atoms with E-state index >= 15 is 0 Å². The summed E-state index contributed by atoms with van der Waals surface area (Å²) in [6.07, 6.45) is 4.03. The minimum atomic E-state index is -0.426. The Labute approximate surface area is 147 Å². The van der Waals surface area contributed by atoms with E-state index in [0.29, 0.717) is 6.42 Å². The highest BCUT2D eigenvalue weighted by molar-refractivity contribution is 5.18. The SMILES string of the molecule is CC(C)(C#N)CC(ON1C(C)(C)CCCC1(C)C)c1ccccc1. The largest absolute Gasteiger partial charge is 0.290 e. The van der Waals surface area contributed by atoms with Gasteiger partial charge in [0, 0.05) is 11.1 Å². The Morgan fingerprint density at radius 3 is 2.17 bits per heavy atom. The van der Waals surface area contributed by atoms with E-state index in [-0.39, 0.29) is 17.2 Å². The summed E-state index contributed by atoms with van der Waals surface area (Å²) < 4.78 is 0. The number of nitrogens with zero attached hydrogens (tertiary/aromatic N) is 2. The minimum Gasteiger partial charge on any atom is -0.290 e. The quantitative estimate of drug-likeness (QED) is 0.701. The minimum absolute atomic E-state index is 0.00837. The van der Waals surface area contributed by atoms with Crippen LogP contribution in [0, 0.1) is 16.7 Å². The van der Waals surface area contributed by atoms with Gasteiger partial charge in [-0.25, -0.2) is 0 Å². The number of hydroxylamine groups is 2. The van der Waals surface area contributed by atoms with Crippen molar-refractivity contribution >= 4 is 0 Å². The molecular weight excluding hydrogens is 296 g/mol. The predicted octanol–water partition coefficient (Wildman–Crippen LogP) is 5.64. The first-order valence-corrected chi connectivity index (χ1v) is 9.01. The summed E-state index contributed by atoms with van der Waals surface area (Å²) >= 11 is 0. The highest BCUT2D eigenvalue weighted by atomic mass is 16.7. The van der Waals surface area contributed by atoms with E-state index in [2.05, 4.69) is 51.0 Å². The van der Waals surface area contributed by atoms with Crippen LogP contribution in [0.4, 0.5) is 0 Å². The second kappa shape index (κ2) is 6.86. The summed E-state index contributed by atoms with van der Waals surface area (Å²) in [6, 6.07) is 12.7. The number of nitriles is 1. The Balaban J connectivity index is 2.32. The first-order valence-electron chi connectivity index (χ1n) is 9.01. The molecule has 1 fully saturated rings. The Bertz CT molecular complexity index is 568. The summed E-state index contributed by atoms with van der Waals surface area (Å²) in [6.45, 7) is 13.0. The fourth-order valence-electron chi connectivity index (χ4n) is 3.78. The molecule has 2 rings (SSSR count). The predicted molar refractivity (Wildman–Crippen MR) is 98.1 cm³/mol. The van der Waals surface area contributed by atoms with Crippen molar-refractivity contribution in [2.45, 2.75) is 84.4 Å². The van der Waals surface area contributed by atoms with E-state index in [4.69, 9.17) is 4.84 Å². The number of hydrogen-bond acceptors (Lipinski definition) is 3. The average Bonchev–Trinajstić information content (AvgIpc) is 2.50. The van der Waals surface area contributed by atoms with Gasteiger partial charge < -0.3 is 0 Å². The zero-order chi connectivity index (χ0) is 18.0. The molecule has 3 heteroatoms. The van der Waals surface area contributed by atoms with Gasteiger partial charge in [-0.2, -0.15) is 10.3 Å². The van der Waals surface area contributed by atoms with Crippen LogP contribution in [0.2, 0.25) is 0 Å². The van der Waals surface area contributed by atoms with Gasteiger partial charge in [0.2, 0.25) is 0 Å². The van der Waals surface area contributed by atoms with Crippen LogP contribution in [0.25, 0.3) is 0 Å². The summed E-state index contributed by atoms with van der Waals surface area (Å²) in [5.74, 6) is 0. The normalized spacial score (nSPS) is 21.9. The molecule has 0 aromatic heterocycles. The number of rotatable bonds is 5. The van der Waals surface area contributed by atoms with Crippen molar-refractivity contribution in [1.82, 2.24) is 5.06 Å². The van der Waals surface area contributed by atoms with Crippen molar-refractivity contribution in [1.29, 1.82) is 5.26 Å². The first-order chi connectivity index (χ1) is 11.1. The van der Waals surface area contributed by atoms with Crippen LogP contribution in [0.3, 0.4) is 0 Å². The molecule has 1 aromatic carbocycles. The van der Waals surface area contributed by atoms with Crippen molar-refractivity contribution < 1.29 is 4.84 Å². The summed E-state index contributed by atoms with van der Waals surface area (Å²) in [5, 5.41) is 11.7. The van der Waals surface area contributed by atoms with E-state index in [1.54, 1.807) is 0 Å². The zero-order valence-electron chi connectivity index (χ0n) is 16.1. The van der Waals surface area contributed by atoms with Gasteiger partial charge in [0.05, 0.1) is 11.5 Å². The fourth-order valence-corrected chi connectivity index (χ4v) is 3.78. The molecule has 3 nitrogen and oxygen atoms in total. The maximum absolute atomic E-state index is 9.48. The second-order valence-corrected chi connectivity index (χ2v) is 8.98. The molecule has 132 valence electrons. The van der Waals surface area contributed by atoms with Crippen molar-refractivity contribution in [3.8, 4) is 6.07 Å². The van der Waals surface area contributed by atoms with Gasteiger partial charge in [-0.05, 0) is 72.8 Å². The highest BCUT2D eigenvalue weighted by Gasteiger charge is 2.44. The molecule has 0 N–H and O–H groups in total. The maximum atomic E-state index is 9.48. The Morgan fingerprint density at radius 2 is 1.67 bits per heavy atom. The monoisotopic (exact) mass is 328 g/mol. The molecule has 0 saturated carbocycles. The lowest BCUT2D eigenvalue weighted by atomic mass is 9.82. The van der Waals surface area contributed by atoms with Crippen molar-refractivity contribution in [2.75, 3.05) is 0 Å². The number of hydrogen-bond donors (Lipinski definition) is 0. The van der Waals surface area contributed by atoms with Crippen LogP contribution in [0.1, 0.15) is 78.9 Å². The topological polar surface area (TPSA) is 36.3 Å². The molecule has 0 bridgehead atoms. The summed E-state index contributed by atoms with van der Waals surface area (Å²) in [5.41, 5.74) is 0.694. The lowest BCUT2D eigenvalue weighted by Gasteiger charge is -2.52. The van der Waals surface area contributed by atoms with Gasteiger partial charge in [-0.1, -0.05) is 30.3 Å². The molecule has 0 amide bonds. The molecule has 0 spiro atoms. The standard InChI is InChI=1S/C21H32N2O/c1-19(2,16-22)15-18(17-11-8-7-9-12-17)24-23-20(3,4)13-10-14-21(23,5)6/h7-9,11-12,18H,10,13-15H2,1-6H3. The maximum Gasteiger partial charge on any atom is 0.106 e. The van der Waals surface area contributed by atoms with Gasteiger partial charge >= 0.3 is 0 Å². The van der Waals surface area contributed by atoms with E-state index in [1.165, 1.54) is 6.42 Å². The van der Waals surface area contributed by atoms with Crippen LogP contribution in [-0.4, -0.2) is 16.1 Å². The number of benzene rings is 1. The van der Waals surface area contributed by atoms with Crippen LogP contribution in [0.15, 0.2) is 30.3 Å². The molecule has 24 heavy (non-hydrogen) atoms. The molecule has 1 aliphatic rings. The van der Waals surface area contributed by atoms with Crippen molar-refractivity contribution in [3.05, 3.63) is 35.9 Å². The van der Waals surface area contributed by atoms with Gasteiger partial charge in [-0.15, -0.1) is 0 Å². The molecule has 1 unspecified atom stereocenters. The second-order valence-electron chi connectivity index (χ2n) is 8.98. The number of piperidine rings is 1. The van der Waals surface area contributed by atoms with E-state index in [1.807, 2.05) is 32.0 Å². The molecule has 1 aliphatic heterocycles. The van der Waals surface area contributed by atoms with Crippen molar-refractivity contribution in [3.63, 3.8) is 0 Å². The summed E-state index contributed by atoms with van der Waals surface area (Å²) in [7, 11) is 0. The highest BCUT2D eigenvalue weighted by Crippen LogP contribution is 2.42. The van der Waals surface area contributed by atoms with Crippen LogP contribution < -0.4 is 0 Å². The molecule has 0 aliphatic carbocycles. The molecule has 1 saturated heterocycles. The average molecular weight is 328 g/mol. The smallest absolute Gasteiger partial charge is 0.106 e. The van der Waals surface area contributed by atoms with E-state index in [9.17, 15) is 5.26 Å². The molecule has 1 aromatic rings. The van der Waals surface area contributed by atoms with Crippen LogP contribution >= 0.6 is 0 Å². The van der Waals surface area contributed by atoms with E-state index < -0.39 is 5.41 Å². The molecule has 0 radical (unpaired) electrons. The zero-order valence-corrected chi connectivity index (χ0v) is 16.1. The third-order valence-electron chi connectivity index (χ3n) is 5.08. The molecule has 1 heterocycles. The third-order valence-corrected chi connectivity index (χ3v) is 5.08. The first kappa shape index (κ1) is 19.0. The van der Waals surface area contributed by atoms with Crippen LogP contribution in [0.5, 0.6) is 0 Å². The molecule has 1 atom stereocenters. The fraction of sp³-hybridized carbons (Fsp3) is 0.667. The van der Waals surface area contributed by atoms with Gasteiger partial charge in [0.1, 0.15) is 6.10 Å². The third kappa shape index (κ3) is 4.37. The Hall–Kier alpha value is -1.37.